The number of aromatic hydroxyl groups is 1. The van der Waals surface area contributed by atoms with Crippen LogP contribution in [0.4, 0.5) is 5.69 Å². The first-order valence-electron chi connectivity index (χ1n) is 3.97. The molecule has 0 aromatic heterocycles. The molecule has 0 aliphatic carbocycles. The Hall–Kier alpha value is -1.22. The predicted molar refractivity (Wildman–Crippen MR) is 50.2 cm³/mol. The fraction of sp³-hybridized carbons (Fsp3) is 0.333. The van der Waals surface area contributed by atoms with Crippen molar-refractivity contribution in [2.75, 3.05) is 11.9 Å². The molecule has 1 rings (SSSR count). The van der Waals surface area contributed by atoms with Gasteiger partial charge in [-0.3, -0.25) is 0 Å². The Bertz CT molecular complexity index is 231. The highest BCUT2D eigenvalue weighted by Crippen LogP contribution is 2.13. The average Bonchev–Trinajstić information content (AvgIpc) is 2.03. The number of hydrogen-bond acceptors (Lipinski definition) is 3. The normalized spacial score (nSPS) is 12.5. The second-order valence-electron chi connectivity index (χ2n) is 2.91. The molecule has 0 fully saturated rings. The van der Waals surface area contributed by atoms with Crippen LogP contribution in [0.5, 0.6) is 5.75 Å². The third-order valence-corrected chi connectivity index (χ3v) is 1.50. The smallest absolute Gasteiger partial charge is 0.115 e. The van der Waals surface area contributed by atoms with Gasteiger partial charge in [0.05, 0.1) is 0 Å². The molecule has 1 aromatic carbocycles. The van der Waals surface area contributed by atoms with Gasteiger partial charge in [0.15, 0.2) is 0 Å². The summed E-state index contributed by atoms with van der Waals surface area (Å²) in [6.45, 7) is 2.68. The van der Waals surface area contributed by atoms with Crippen molar-refractivity contribution >= 4 is 5.69 Å². The minimum Gasteiger partial charge on any atom is -0.508 e. The molecule has 3 nitrogen and oxygen atoms in total. The number of benzene rings is 1. The lowest BCUT2D eigenvalue weighted by Gasteiger charge is -2.08. The largest absolute Gasteiger partial charge is 0.508 e. The van der Waals surface area contributed by atoms with E-state index in [1.807, 2.05) is 19.1 Å². The summed E-state index contributed by atoms with van der Waals surface area (Å²) in [6.07, 6.45) is 0. The van der Waals surface area contributed by atoms with Gasteiger partial charge < -0.3 is 16.2 Å². The molecule has 0 bridgehead atoms. The van der Waals surface area contributed by atoms with Gasteiger partial charge in [0.1, 0.15) is 5.75 Å². The molecule has 0 aliphatic heterocycles. The maximum atomic E-state index is 8.98. The van der Waals surface area contributed by atoms with Crippen molar-refractivity contribution in [3.05, 3.63) is 24.3 Å². The lowest BCUT2D eigenvalue weighted by molar-refractivity contribution is 0.475. The van der Waals surface area contributed by atoms with Gasteiger partial charge in [-0.1, -0.05) is 0 Å². The van der Waals surface area contributed by atoms with Gasteiger partial charge in [0.2, 0.25) is 0 Å². The summed E-state index contributed by atoms with van der Waals surface area (Å²) in [5.41, 5.74) is 6.54. The SMILES string of the molecule is C[C@H](N)CNc1ccc(O)cc1. The van der Waals surface area contributed by atoms with Gasteiger partial charge in [-0.2, -0.15) is 0 Å². The highest BCUT2D eigenvalue weighted by molar-refractivity contribution is 5.45. The molecule has 0 saturated carbocycles. The lowest BCUT2D eigenvalue weighted by atomic mass is 10.3. The molecule has 3 heteroatoms. The Kier molecular flexibility index (Phi) is 2.94. The van der Waals surface area contributed by atoms with Crippen LogP contribution in [0.25, 0.3) is 0 Å². The Morgan fingerprint density at radius 2 is 2.00 bits per heavy atom. The van der Waals surface area contributed by atoms with E-state index in [0.717, 1.165) is 12.2 Å². The minimum absolute atomic E-state index is 0.138. The third kappa shape index (κ3) is 2.80. The molecular weight excluding hydrogens is 152 g/mol. The summed E-state index contributed by atoms with van der Waals surface area (Å²) < 4.78 is 0. The number of nitrogens with two attached hydrogens (primary N) is 1. The van der Waals surface area contributed by atoms with E-state index in [4.69, 9.17) is 10.8 Å². The number of anilines is 1. The Labute approximate surface area is 72.2 Å². The molecule has 0 spiro atoms. The first kappa shape index (κ1) is 8.87. The Balaban J connectivity index is 2.48. The number of rotatable bonds is 3. The zero-order valence-corrected chi connectivity index (χ0v) is 7.12. The summed E-state index contributed by atoms with van der Waals surface area (Å²) in [5.74, 6) is 0.279. The fourth-order valence-electron chi connectivity index (χ4n) is 0.858. The van der Waals surface area contributed by atoms with Gasteiger partial charge in [-0.25, -0.2) is 0 Å². The van der Waals surface area contributed by atoms with Crippen LogP contribution < -0.4 is 11.1 Å². The number of phenols is 1. The van der Waals surface area contributed by atoms with Crippen molar-refractivity contribution < 1.29 is 5.11 Å². The van der Waals surface area contributed by atoms with Gasteiger partial charge in [0, 0.05) is 18.3 Å². The van der Waals surface area contributed by atoms with Crippen molar-refractivity contribution in [3.63, 3.8) is 0 Å². The van der Waals surface area contributed by atoms with Crippen molar-refractivity contribution in [3.8, 4) is 5.75 Å². The van der Waals surface area contributed by atoms with Crippen LogP contribution in [0.15, 0.2) is 24.3 Å². The molecule has 0 aliphatic rings. The molecule has 4 N–H and O–H groups in total. The minimum atomic E-state index is 0.138. The van der Waals surface area contributed by atoms with Gasteiger partial charge in [0.25, 0.3) is 0 Å². The summed E-state index contributed by atoms with van der Waals surface area (Å²) in [6, 6.07) is 7.06. The molecule has 1 atom stereocenters. The van der Waals surface area contributed by atoms with E-state index in [1.165, 1.54) is 0 Å². The van der Waals surface area contributed by atoms with E-state index in [0.29, 0.717) is 0 Å². The highest BCUT2D eigenvalue weighted by atomic mass is 16.3. The molecule has 0 saturated heterocycles. The molecule has 0 amide bonds. The maximum absolute atomic E-state index is 8.98. The van der Waals surface area contributed by atoms with Crippen LogP contribution in [0.3, 0.4) is 0 Å². The monoisotopic (exact) mass is 166 g/mol. The molecular formula is C9H14N2O. The summed E-state index contributed by atoms with van der Waals surface area (Å²) in [7, 11) is 0. The first-order valence-corrected chi connectivity index (χ1v) is 3.97. The average molecular weight is 166 g/mol. The number of nitrogens with one attached hydrogen (secondary N) is 1. The van der Waals surface area contributed by atoms with Crippen molar-refractivity contribution in [1.29, 1.82) is 0 Å². The van der Waals surface area contributed by atoms with Crippen molar-refractivity contribution in [2.45, 2.75) is 13.0 Å². The van der Waals surface area contributed by atoms with Crippen molar-refractivity contribution in [2.24, 2.45) is 5.73 Å². The molecule has 1 aromatic rings. The number of hydrogen-bond donors (Lipinski definition) is 3. The summed E-state index contributed by atoms with van der Waals surface area (Å²) in [4.78, 5) is 0. The molecule has 12 heavy (non-hydrogen) atoms. The summed E-state index contributed by atoms with van der Waals surface area (Å²) >= 11 is 0. The van der Waals surface area contributed by atoms with Crippen LogP contribution >= 0.6 is 0 Å². The molecule has 0 unspecified atom stereocenters. The van der Waals surface area contributed by atoms with Crippen LogP contribution in [0.2, 0.25) is 0 Å². The van der Waals surface area contributed by atoms with E-state index in [1.54, 1.807) is 12.1 Å². The van der Waals surface area contributed by atoms with E-state index in [-0.39, 0.29) is 11.8 Å². The molecule has 0 radical (unpaired) electrons. The van der Waals surface area contributed by atoms with E-state index in [2.05, 4.69) is 5.32 Å². The lowest BCUT2D eigenvalue weighted by Crippen LogP contribution is -2.25. The van der Waals surface area contributed by atoms with E-state index >= 15 is 0 Å². The zero-order chi connectivity index (χ0) is 8.97. The molecule has 66 valence electrons. The molecule has 0 heterocycles. The predicted octanol–water partition coefficient (Wildman–Crippen LogP) is 1.15. The van der Waals surface area contributed by atoms with Crippen LogP contribution in [0, 0.1) is 0 Å². The zero-order valence-electron chi connectivity index (χ0n) is 7.12. The fourth-order valence-corrected chi connectivity index (χ4v) is 0.858. The topological polar surface area (TPSA) is 58.3 Å². The third-order valence-electron chi connectivity index (χ3n) is 1.50. The van der Waals surface area contributed by atoms with Crippen molar-refractivity contribution in [1.82, 2.24) is 0 Å². The van der Waals surface area contributed by atoms with Crippen LogP contribution in [-0.4, -0.2) is 17.7 Å². The standard InChI is InChI=1S/C9H14N2O/c1-7(10)6-11-8-2-4-9(12)5-3-8/h2-5,7,11-12H,6,10H2,1H3/t7-/m0/s1. The Morgan fingerprint density at radius 3 is 2.50 bits per heavy atom. The second-order valence-corrected chi connectivity index (χ2v) is 2.91. The van der Waals surface area contributed by atoms with E-state index in [9.17, 15) is 0 Å². The van der Waals surface area contributed by atoms with E-state index < -0.39 is 0 Å². The van der Waals surface area contributed by atoms with Gasteiger partial charge in [-0.05, 0) is 31.2 Å². The van der Waals surface area contributed by atoms with Gasteiger partial charge >= 0.3 is 0 Å². The second kappa shape index (κ2) is 3.97. The van der Waals surface area contributed by atoms with Crippen LogP contribution in [0.1, 0.15) is 6.92 Å². The first-order chi connectivity index (χ1) is 5.68. The van der Waals surface area contributed by atoms with Crippen LogP contribution in [-0.2, 0) is 0 Å². The summed E-state index contributed by atoms with van der Waals surface area (Å²) in [5, 5.41) is 12.1. The maximum Gasteiger partial charge on any atom is 0.115 e. The quantitative estimate of drug-likeness (QED) is 0.590. The van der Waals surface area contributed by atoms with Gasteiger partial charge in [-0.15, -0.1) is 0 Å². The highest BCUT2D eigenvalue weighted by Gasteiger charge is 1.94. The Morgan fingerprint density at radius 1 is 1.42 bits per heavy atom. The number of phenolic OH excluding ortho intramolecular Hbond substituents is 1.